The molecule has 39 heavy (non-hydrogen) atoms. The van der Waals surface area contributed by atoms with Crippen LogP contribution in [-0.4, -0.2) is 43.9 Å². The molecule has 0 aliphatic heterocycles. The molecule has 0 aliphatic carbocycles. The lowest BCUT2D eigenvalue weighted by molar-refractivity contribution is 0.0948. The smallest absolute Gasteiger partial charge is 0.271 e. The Morgan fingerprint density at radius 3 is 2.51 bits per heavy atom. The topological polar surface area (TPSA) is 117 Å². The second kappa shape index (κ2) is 11.2. The predicted molar refractivity (Wildman–Crippen MR) is 149 cm³/mol. The zero-order valence-corrected chi connectivity index (χ0v) is 21.8. The van der Waals surface area contributed by atoms with E-state index < -0.39 is 0 Å². The Hall–Kier alpha value is -4.94. The molecule has 0 aliphatic rings. The van der Waals surface area contributed by atoms with Gasteiger partial charge in [0.15, 0.2) is 5.69 Å². The van der Waals surface area contributed by atoms with E-state index in [9.17, 15) is 14.9 Å². The molecule has 0 radical (unpaired) electrons. The molecule has 5 rings (SSSR count). The average molecular weight is 538 g/mol. The number of ketones is 1. The molecule has 3 heterocycles. The number of hydrogen-bond acceptors (Lipinski definition) is 6. The van der Waals surface area contributed by atoms with E-state index in [0.29, 0.717) is 52.9 Å². The van der Waals surface area contributed by atoms with E-state index in [4.69, 9.17) is 11.6 Å². The Bertz CT molecular complexity index is 1660. The Balaban J connectivity index is 1.32. The maximum absolute atomic E-state index is 13.3. The Labute approximate surface area is 229 Å². The summed E-state index contributed by atoms with van der Waals surface area (Å²) in [7, 11) is 0. The molecule has 5 aromatic rings. The number of aromatic nitrogens is 4. The minimum absolute atomic E-state index is 0.0546. The van der Waals surface area contributed by atoms with Crippen LogP contribution in [0.15, 0.2) is 79.1 Å². The van der Waals surface area contributed by atoms with Crippen LogP contribution in [0.5, 0.6) is 0 Å². The number of fused-ring (bicyclic) bond motifs is 1. The zero-order valence-electron chi connectivity index (χ0n) is 21.1. The number of benzene rings is 2. The molecular weight excluding hydrogens is 514 g/mol. The van der Waals surface area contributed by atoms with Gasteiger partial charge in [-0.3, -0.25) is 9.59 Å². The fourth-order valence-electron chi connectivity index (χ4n) is 4.09. The molecule has 10 heteroatoms. The van der Waals surface area contributed by atoms with Gasteiger partial charge in [-0.1, -0.05) is 47.5 Å². The largest absolute Gasteiger partial charge is 0.369 e. The number of carbonyl (C=O) groups excluding carboxylic acids is 2. The number of halogens is 1. The van der Waals surface area contributed by atoms with Gasteiger partial charge in [-0.15, -0.1) is 0 Å². The van der Waals surface area contributed by atoms with Gasteiger partial charge in [-0.25, -0.2) is 9.67 Å². The average Bonchev–Trinajstić information content (AvgIpc) is 3.55. The van der Waals surface area contributed by atoms with Crippen LogP contribution in [-0.2, 0) is 0 Å². The van der Waals surface area contributed by atoms with Gasteiger partial charge in [-0.2, -0.15) is 10.4 Å². The van der Waals surface area contributed by atoms with Crippen molar-refractivity contribution in [2.24, 2.45) is 0 Å². The molecule has 0 atom stereocenters. The molecule has 0 bridgehead atoms. The van der Waals surface area contributed by atoms with Crippen LogP contribution in [0.3, 0.4) is 0 Å². The van der Waals surface area contributed by atoms with Crippen LogP contribution in [0.2, 0.25) is 5.02 Å². The molecule has 3 aromatic heterocycles. The van der Waals surface area contributed by atoms with E-state index in [1.165, 1.54) is 4.68 Å². The third kappa shape index (κ3) is 5.51. The maximum atomic E-state index is 13.3. The highest BCUT2D eigenvalue weighted by Gasteiger charge is 2.25. The molecule has 0 spiro atoms. The molecule has 1 amide bonds. The summed E-state index contributed by atoms with van der Waals surface area (Å²) in [6.45, 7) is 2.73. The number of rotatable bonds is 9. The lowest BCUT2D eigenvalue weighted by Crippen LogP contribution is -2.26. The van der Waals surface area contributed by atoms with Crippen molar-refractivity contribution in [3.63, 3.8) is 0 Å². The molecule has 0 saturated heterocycles. The van der Waals surface area contributed by atoms with Crippen molar-refractivity contribution in [3.05, 3.63) is 112 Å². The van der Waals surface area contributed by atoms with Crippen LogP contribution in [0.1, 0.15) is 44.1 Å². The van der Waals surface area contributed by atoms with Crippen LogP contribution in [0.4, 0.5) is 5.82 Å². The first-order chi connectivity index (χ1) is 18.9. The summed E-state index contributed by atoms with van der Waals surface area (Å²) in [6.07, 6.45) is 4.06. The number of pyridine rings is 1. The van der Waals surface area contributed by atoms with E-state index in [-0.39, 0.29) is 22.9 Å². The minimum atomic E-state index is -0.345. The molecule has 2 aromatic carbocycles. The van der Waals surface area contributed by atoms with E-state index >= 15 is 0 Å². The summed E-state index contributed by atoms with van der Waals surface area (Å²) in [5.74, 6) is -0.224. The van der Waals surface area contributed by atoms with Gasteiger partial charge in [0.05, 0.1) is 5.69 Å². The Kier molecular flexibility index (Phi) is 7.39. The van der Waals surface area contributed by atoms with Gasteiger partial charge >= 0.3 is 0 Å². The van der Waals surface area contributed by atoms with E-state index in [2.05, 4.69) is 26.8 Å². The third-order valence-corrected chi connectivity index (χ3v) is 6.38. The first kappa shape index (κ1) is 25.7. The fraction of sp³-hybridized carbons (Fsp3) is 0.138. The highest BCUT2D eigenvalue weighted by atomic mass is 35.5. The van der Waals surface area contributed by atoms with Gasteiger partial charge in [0.2, 0.25) is 5.78 Å². The molecule has 9 nitrogen and oxygen atoms in total. The first-order valence-corrected chi connectivity index (χ1v) is 12.7. The van der Waals surface area contributed by atoms with Crippen molar-refractivity contribution < 1.29 is 9.59 Å². The SMILES string of the molecule is Cc1ccc(C(=O)c2nn(-c3ccc(Cl)cc3)c(NCCCNC(=O)c3cn4ccccc4n3)c2C#N)cc1. The van der Waals surface area contributed by atoms with E-state index in [0.717, 1.165) is 5.56 Å². The van der Waals surface area contributed by atoms with Crippen molar-refractivity contribution in [1.29, 1.82) is 5.26 Å². The normalized spacial score (nSPS) is 10.8. The standard InChI is InChI=1S/C29H24ClN7O2/c1-19-6-8-20(9-7-19)27(38)26-23(17-31)28(37(35-26)22-12-10-21(30)11-13-22)32-14-4-15-33-29(39)24-18-36-16-3-2-5-25(36)34-24/h2-3,5-13,16,18,32H,4,14-15H2,1H3,(H,33,39). The van der Waals surface area contributed by atoms with Gasteiger partial charge in [-0.05, 0) is 49.7 Å². The van der Waals surface area contributed by atoms with Crippen LogP contribution < -0.4 is 10.6 Å². The highest BCUT2D eigenvalue weighted by Crippen LogP contribution is 2.26. The van der Waals surface area contributed by atoms with Crippen LogP contribution in [0, 0.1) is 18.3 Å². The van der Waals surface area contributed by atoms with Gasteiger partial charge in [0.1, 0.15) is 28.8 Å². The minimum Gasteiger partial charge on any atom is -0.369 e. The summed E-state index contributed by atoms with van der Waals surface area (Å²) in [6, 6.07) is 21.8. The fourth-order valence-corrected chi connectivity index (χ4v) is 4.21. The van der Waals surface area contributed by atoms with Crippen molar-refractivity contribution in [1.82, 2.24) is 24.5 Å². The number of amides is 1. The number of nitriles is 1. The molecule has 2 N–H and O–H groups in total. The lowest BCUT2D eigenvalue weighted by atomic mass is 10.0. The molecule has 0 fully saturated rings. The predicted octanol–water partition coefficient (Wildman–Crippen LogP) is 4.82. The Morgan fingerprint density at radius 1 is 1.03 bits per heavy atom. The maximum Gasteiger partial charge on any atom is 0.271 e. The van der Waals surface area contributed by atoms with Gasteiger partial charge in [0, 0.05) is 36.1 Å². The van der Waals surface area contributed by atoms with E-state index in [1.807, 2.05) is 43.5 Å². The highest BCUT2D eigenvalue weighted by molar-refractivity contribution is 6.30. The number of anilines is 1. The Morgan fingerprint density at radius 2 is 1.79 bits per heavy atom. The summed E-state index contributed by atoms with van der Waals surface area (Å²) in [5, 5.41) is 21.2. The number of aryl methyl sites for hydroxylation is 1. The van der Waals surface area contributed by atoms with Crippen LogP contribution in [0.25, 0.3) is 11.3 Å². The van der Waals surface area contributed by atoms with Crippen LogP contribution >= 0.6 is 11.6 Å². The van der Waals surface area contributed by atoms with Crippen molar-refractivity contribution in [2.75, 3.05) is 18.4 Å². The lowest BCUT2D eigenvalue weighted by Gasteiger charge is -2.11. The number of hydrogen-bond donors (Lipinski definition) is 2. The number of nitrogens with one attached hydrogen (secondary N) is 2. The monoisotopic (exact) mass is 537 g/mol. The van der Waals surface area contributed by atoms with Crippen molar-refractivity contribution >= 4 is 34.8 Å². The van der Waals surface area contributed by atoms with Crippen molar-refractivity contribution in [3.8, 4) is 11.8 Å². The summed E-state index contributed by atoms with van der Waals surface area (Å²) < 4.78 is 3.32. The number of carbonyl (C=O) groups is 2. The first-order valence-electron chi connectivity index (χ1n) is 12.3. The second-order valence-electron chi connectivity index (χ2n) is 8.90. The molecule has 0 saturated carbocycles. The summed E-state index contributed by atoms with van der Waals surface area (Å²) in [4.78, 5) is 30.2. The van der Waals surface area contributed by atoms with Gasteiger partial charge < -0.3 is 15.0 Å². The van der Waals surface area contributed by atoms with E-state index in [1.54, 1.807) is 47.0 Å². The molecule has 194 valence electrons. The summed E-state index contributed by atoms with van der Waals surface area (Å²) >= 11 is 6.07. The quantitative estimate of drug-likeness (QED) is 0.206. The molecule has 0 unspecified atom stereocenters. The third-order valence-electron chi connectivity index (χ3n) is 6.13. The zero-order chi connectivity index (χ0) is 27.4. The number of nitrogens with zero attached hydrogens (tertiary/aromatic N) is 5. The summed E-state index contributed by atoms with van der Waals surface area (Å²) in [5.41, 5.74) is 3.33. The van der Waals surface area contributed by atoms with Gasteiger partial charge in [0.25, 0.3) is 5.91 Å². The van der Waals surface area contributed by atoms with Crippen molar-refractivity contribution in [2.45, 2.75) is 13.3 Å². The number of imidazole rings is 1. The second-order valence-corrected chi connectivity index (χ2v) is 9.33. The molecular formula is C29H24ClN7O2.